The van der Waals surface area contributed by atoms with Crippen molar-refractivity contribution in [2.75, 3.05) is 39.9 Å². The number of halogens is 2. The number of likely N-dealkylation sites (tertiary alicyclic amines) is 1. The molecule has 3 rings (SSSR count). The van der Waals surface area contributed by atoms with Gasteiger partial charge in [0.25, 0.3) is 0 Å². The predicted molar refractivity (Wildman–Crippen MR) is 108 cm³/mol. The fraction of sp³-hybridized carbons (Fsp3) is 0.632. The topological polar surface area (TPSA) is 48.9 Å². The van der Waals surface area contributed by atoms with Crippen LogP contribution in [0.3, 0.4) is 0 Å². The summed E-state index contributed by atoms with van der Waals surface area (Å²) in [5.41, 5.74) is 1.44. The van der Waals surface area contributed by atoms with Crippen molar-refractivity contribution in [1.29, 1.82) is 0 Å². The quantitative estimate of drug-likeness (QED) is 0.590. The third-order valence-corrected chi connectivity index (χ3v) is 5.86. The maximum absolute atomic E-state index is 6.12. The van der Waals surface area contributed by atoms with E-state index in [0.29, 0.717) is 16.1 Å². The average molecular weight is 399 g/mol. The van der Waals surface area contributed by atoms with Crippen LogP contribution in [0.5, 0.6) is 0 Å². The fourth-order valence-corrected chi connectivity index (χ4v) is 3.69. The molecule has 2 fully saturated rings. The first kappa shape index (κ1) is 19.7. The molecule has 0 unspecified atom stereocenters. The van der Waals surface area contributed by atoms with Crippen molar-refractivity contribution in [1.82, 2.24) is 15.5 Å². The van der Waals surface area contributed by atoms with Crippen molar-refractivity contribution in [3.05, 3.63) is 33.8 Å². The summed E-state index contributed by atoms with van der Waals surface area (Å²) in [7, 11) is 1.83. The Bertz CT molecular complexity index is 640. The third-order valence-electron chi connectivity index (χ3n) is 5.13. The van der Waals surface area contributed by atoms with Crippen LogP contribution in [0.1, 0.15) is 25.3 Å². The predicted octanol–water partition coefficient (Wildman–Crippen LogP) is 3.16. The Morgan fingerprint density at radius 3 is 2.58 bits per heavy atom. The van der Waals surface area contributed by atoms with Crippen LogP contribution in [0.2, 0.25) is 10.0 Å². The first-order valence-electron chi connectivity index (χ1n) is 9.19. The maximum atomic E-state index is 6.12. The van der Waals surface area contributed by atoms with Gasteiger partial charge in [0.05, 0.1) is 23.3 Å². The number of rotatable bonds is 5. The second kappa shape index (κ2) is 8.79. The van der Waals surface area contributed by atoms with Crippen LogP contribution in [0.15, 0.2) is 23.2 Å². The summed E-state index contributed by atoms with van der Waals surface area (Å²) in [6, 6.07) is 6.34. The summed E-state index contributed by atoms with van der Waals surface area (Å²) >= 11 is 12.1. The number of hydrogen-bond acceptors (Lipinski definition) is 3. The Hall–Kier alpha value is -1.01. The Labute approximate surface area is 166 Å². The highest BCUT2D eigenvalue weighted by Crippen LogP contribution is 2.25. The summed E-state index contributed by atoms with van der Waals surface area (Å²) < 4.78 is 5.31. The van der Waals surface area contributed by atoms with Gasteiger partial charge in [-0.25, -0.2) is 0 Å². The molecule has 1 aromatic rings. The van der Waals surface area contributed by atoms with Gasteiger partial charge in [-0.1, -0.05) is 36.2 Å². The second-order valence-electron chi connectivity index (χ2n) is 7.67. The second-order valence-corrected chi connectivity index (χ2v) is 8.49. The van der Waals surface area contributed by atoms with Gasteiger partial charge in [0.2, 0.25) is 0 Å². The van der Waals surface area contributed by atoms with E-state index in [1.54, 1.807) is 0 Å². The van der Waals surface area contributed by atoms with Crippen molar-refractivity contribution >= 4 is 29.2 Å². The summed E-state index contributed by atoms with van der Waals surface area (Å²) in [5.74, 6) is 0.890. The van der Waals surface area contributed by atoms with Gasteiger partial charge in [-0.15, -0.1) is 0 Å². The Kier molecular flexibility index (Phi) is 6.67. The van der Waals surface area contributed by atoms with Crippen LogP contribution in [0.25, 0.3) is 0 Å². The molecule has 0 radical (unpaired) electrons. The molecule has 26 heavy (non-hydrogen) atoms. The number of aliphatic imine (C=N–C) groups is 1. The highest BCUT2D eigenvalue weighted by Gasteiger charge is 2.33. The highest BCUT2D eigenvalue weighted by atomic mass is 35.5. The molecule has 0 bridgehead atoms. The Balaban J connectivity index is 1.41. The zero-order valence-corrected chi connectivity index (χ0v) is 17.0. The van der Waals surface area contributed by atoms with Gasteiger partial charge < -0.3 is 15.4 Å². The van der Waals surface area contributed by atoms with E-state index in [1.165, 1.54) is 5.56 Å². The number of hydrogen-bond donors (Lipinski definition) is 2. The van der Waals surface area contributed by atoms with Crippen molar-refractivity contribution in [3.63, 3.8) is 0 Å². The molecule has 1 aromatic carbocycles. The number of guanidine groups is 1. The van der Waals surface area contributed by atoms with E-state index in [9.17, 15) is 0 Å². The van der Waals surface area contributed by atoms with E-state index < -0.39 is 0 Å². The molecule has 2 heterocycles. The molecule has 2 aliphatic heterocycles. The molecule has 144 valence electrons. The molecule has 0 aliphatic carbocycles. The number of ether oxygens (including phenoxy) is 1. The Morgan fingerprint density at radius 1 is 1.27 bits per heavy atom. The molecule has 7 heteroatoms. The minimum atomic E-state index is 0.237. The van der Waals surface area contributed by atoms with Gasteiger partial charge in [-0.05, 0) is 30.5 Å². The summed E-state index contributed by atoms with van der Waals surface area (Å²) in [5, 5.41) is 8.24. The maximum Gasteiger partial charge on any atom is 0.191 e. The normalized spacial score (nSPS) is 21.3. The van der Waals surface area contributed by atoms with E-state index >= 15 is 0 Å². The summed E-state index contributed by atoms with van der Waals surface area (Å²) in [4.78, 5) is 6.82. The number of nitrogens with one attached hydrogen (secondary N) is 2. The van der Waals surface area contributed by atoms with Crippen molar-refractivity contribution < 1.29 is 4.74 Å². The monoisotopic (exact) mass is 398 g/mol. The summed E-state index contributed by atoms with van der Waals surface area (Å²) in [6.07, 6.45) is 2.20. The van der Waals surface area contributed by atoms with Crippen molar-refractivity contribution in [2.45, 2.75) is 32.4 Å². The first-order valence-corrected chi connectivity index (χ1v) is 9.94. The molecule has 2 aliphatic rings. The van der Waals surface area contributed by atoms with E-state index in [0.717, 1.165) is 58.2 Å². The van der Waals surface area contributed by atoms with Gasteiger partial charge >= 0.3 is 0 Å². The summed E-state index contributed by atoms with van der Waals surface area (Å²) in [6.45, 7) is 7.80. The zero-order valence-electron chi connectivity index (χ0n) is 15.5. The van der Waals surface area contributed by atoms with Crippen LogP contribution in [-0.2, 0) is 11.3 Å². The molecule has 2 N–H and O–H groups in total. The van der Waals surface area contributed by atoms with E-state index in [-0.39, 0.29) is 5.41 Å². The van der Waals surface area contributed by atoms with Gasteiger partial charge in [-0.3, -0.25) is 9.89 Å². The SMILES string of the molecule is CN=C(NCC1(C)COC1)NC1CCN(Cc2ccc(Cl)c(Cl)c2)CC1. The molecule has 0 aromatic heterocycles. The van der Waals surface area contributed by atoms with E-state index in [1.807, 2.05) is 19.2 Å². The molecule has 2 saturated heterocycles. The molecule has 5 nitrogen and oxygen atoms in total. The average Bonchev–Trinajstić information content (AvgIpc) is 2.61. The van der Waals surface area contributed by atoms with Crippen LogP contribution in [-0.4, -0.2) is 56.8 Å². The van der Waals surface area contributed by atoms with Gasteiger partial charge in [0, 0.05) is 44.7 Å². The molecule has 0 saturated carbocycles. The first-order chi connectivity index (χ1) is 12.5. The lowest BCUT2D eigenvalue weighted by Crippen LogP contribution is -2.53. The minimum Gasteiger partial charge on any atom is -0.380 e. The molecule has 0 atom stereocenters. The van der Waals surface area contributed by atoms with Crippen molar-refractivity contribution in [2.24, 2.45) is 10.4 Å². The van der Waals surface area contributed by atoms with Gasteiger partial charge in [0.15, 0.2) is 5.96 Å². The lowest BCUT2D eigenvalue weighted by molar-refractivity contribution is -0.0971. The van der Waals surface area contributed by atoms with E-state index in [2.05, 4.69) is 33.5 Å². The largest absolute Gasteiger partial charge is 0.380 e. The number of nitrogens with zero attached hydrogens (tertiary/aromatic N) is 2. The standard InChI is InChI=1S/C19H28Cl2N4O/c1-19(12-26-13-19)11-23-18(22-2)24-15-5-7-25(8-6-15)10-14-3-4-16(20)17(21)9-14/h3-4,9,15H,5-8,10-13H2,1-2H3,(H2,22,23,24). The van der Waals surface area contributed by atoms with E-state index in [4.69, 9.17) is 27.9 Å². The Morgan fingerprint density at radius 2 is 2.00 bits per heavy atom. The zero-order chi connectivity index (χ0) is 18.6. The van der Waals surface area contributed by atoms with Crippen LogP contribution in [0, 0.1) is 5.41 Å². The molecular formula is C19H28Cl2N4O. The third kappa shape index (κ3) is 5.26. The molecular weight excluding hydrogens is 371 g/mol. The van der Waals surface area contributed by atoms with Crippen LogP contribution >= 0.6 is 23.2 Å². The lowest BCUT2D eigenvalue weighted by Gasteiger charge is -2.39. The van der Waals surface area contributed by atoms with Crippen molar-refractivity contribution in [3.8, 4) is 0 Å². The van der Waals surface area contributed by atoms with Gasteiger partial charge in [-0.2, -0.15) is 0 Å². The minimum absolute atomic E-state index is 0.237. The smallest absolute Gasteiger partial charge is 0.191 e. The van der Waals surface area contributed by atoms with Gasteiger partial charge in [0.1, 0.15) is 0 Å². The van der Waals surface area contributed by atoms with Crippen LogP contribution < -0.4 is 10.6 Å². The highest BCUT2D eigenvalue weighted by molar-refractivity contribution is 6.42. The van der Waals surface area contributed by atoms with Crippen LogP contribution in [0.4, 0.5) is 0 Å². The number of benzene rings is 1. The fourth-order valence-electron chi connectivity index (χ4n) is 3.37. The molecule has 0 amide bonds. The molecule has 0 spiro atoms. The number of piperidine rings is 1. The lowest BCUT2D eigenvalue weighted by atomic mass is 9.89.